The van der Waals surface area contributed by atoms with E-state index in [2.05, 4.69) is 27.7 Å². The van der Waals surface area contributed by atoms with Gasteiger partial charge in [-0.3, -0.25) is 4.79 Å². The van der Waals surface area contributed by atoms with Crippen molar-refractivity contribution in [2.75, 3.05) is 0 Å². The van der Waals surface area contributed by atoms with Crippen molar-refractivity contribution < 1.29 is 4.79 Å². The van der Waals surface area contributed by atoms with Gasteiger partial charge in [0, 0.05) is 5.92 Å². The number of carbonyl (C=O) groups is 1. The Morgan fingerprint density at radius 1 is 1.18 bits per heavy atom. The van der Waals surface area contributed by atoms with Crippen LogP contribution in [0.25, 0.3) is 0 Å². The Morgan fingerprint density at radius 3 is 1.64 bits per heavy atom. The Kier molecular flexibility index (Phi) is 1.66. The fraction of sp³-hybridized carbons (Fsp3) is 0.900. The summed E-state index contributed by atoms with van der Waals surface area (Å²) in [5.41, 5.74) is 0.491. The van der Waals surface area contributed by atoms with E-state index in [1.54, 1.807) is 6.92 Å². The van der Waals surface area contributed by atoms with Crippen molar-refractivity contribution in [1.82, 2.24) is 0 Å². The normalized spacial score (nSPS) is 27.7. The zero-order chi connectivity index (χ0) is 8.86. The topological polar surface area (TPSA) is 17.1 Å². The van der Waals surface area contributed by atoms with Crippen molar-refractivity contribution in [2.24, 2.45) is 16.7 Å². The summed E-state index contributed by atoms with van der Waals surface area (Å²) in [5, 5.41) is 0. The zero-order valence-corrected chi connectivity index (χ0v) is 8.19. The lowest BCUT2D eigenvalue weighted by Gasteiger charge is -2.56. The van der Waals surface area contributed by atoms with Gasteiger partial charge in [-0.25, -0.2) is 0 Å². The molecule has 0 heterocycles. The summed E-state index contributed by atoms with van der Waals surface area (Å²) in [6.07, 6.45) is 1.17. The van der Waals surface area contributed by atoms with Crippen LogP contribution in [0.1, 0.15) is 41.0 Å². The van der Waals surface area contributed by atoms with Gasteiger partial charge in [0.05, 0.1) is 0 Å². The number of rotatable bonds is 1. The van der Waals surface area contributed by atoms with E-state index in [-0.39, 0.29) is 16.7 Å². The second-order valence-corrected chi connectivity index (χ2v) is 5.20. The standard InChI is InChI=1S/C10H18O/c1-7(11)8-9(2,3)6-10(8,4)5/h8H,6H2,1-5H3. The monoisotopic (exact) mass is 154 g/mol. The molecule has 0 unspecified atom stereocenters. The molecule has 0 radical (unpaired) electrons. The summed E-state index contributed by atoms with van der Waals surface area (Å²) in [4.78, 5) is 11.3. The molecule has 0 saturated heterocycles. The molecule has 1 aliphatic carbocycles. The molecule has 0 bridgehead atoms. The highest BCUT2D eigenvalue weighted by Gasteiger charge is 2.54. The molecule has 0 aromatic carbocycles. The van der Waals surface area contributed by atoms with E-state index in [4.69, 9.17) is 0 Å². The minimum absolute atomic E-state index is 0.245. The molecule has 0 N–H and O–H groups in total. The van der Waals surface area contributed by atoms with Crippen molar-refractivity contribution >= 4 is 5.78 Å². The van der Waals surface area contributed by atoms with Gasteiger partial charge in [-0.1, -0.05) is 27.7 Å². The lowest BCUT2D eigenvalue weighted by molar-refractivity contribution is -0.147. The van der Waals surface area contributed by atoms with Gasteiger partial charge < -0.3 is 0 Å². The first-order chi connectivity index (χ1) is 4.77. The number of hydrogen-bond acceptors (Lipinski definition) is 1. The number of Topliss-reactive ketones (excluding diaryl/α,β-unsaturated/α-hetero) is 1. The van der Waals surface area contributed by atoms with Crippen LogP contribution in [0.4, 0.5) is 0 Å². The molecule has 1 rings (SSSR count). The van der Waals surface area contributed by atoms with Gasteiger partial charge in [-0.2, -0.15) is 0 Å². The fourth-order valence-electron chi connectivity index (χ4n) is 3.41. The Bertz CT molecular complexity index is 175. The summed E-state index contributed by atoms with van der Waals surface area (Å²) in [6, 6.07) is 0. The molecule has 0 aromatic rings. The van der Waals surface area contributed by atoms with Crippen LogP contribution in [0.5, 0.6) is 0 Å². The smallest absolute Gasteiger partial charge is 0.133 e. The molecule has 11 heavy (non-hydrogen) atoms. The van der Waals surface area contributed by atoms with E-state index in [0.717, 1.165) is 0 Å². The van der Waals surface area contributed by atoms with E-state index >= 15 is 0 Å². The van der Waals surface area contributed by atoms with Crippen molar-refractivity contribution in [3.8, 4) is 0 Å². The van der Waals surface area contributed by atoms with E-state index in [1.165, 1.54) is 6.42 Å². The lowest BCUT2D eigenvalue weighted by atomic mass is 9.47. The minimum atomic E-state index is 0.245. The van der Waals surface area contributed by atoms with E-state index in [0.29, 0.717) is 5.78 Å². The average Bonchev–Trinajstić information content (AvgIpc) is 1.53. The van der Waals surface area contributed by atoms with Gasteiger partial charge in [-0.15, -0.1) is 0 Å². The van der Waals surface area contributed by atoms with Gasteiger partial charge in [0.15, 0.2) is 0 Å². The quantitative estimate of drug-likeness (QED) is 0.567. The lowest BCUT2D eigenvalue weighted by Crippen LogP contribution is -2.53. The molecule has 1 nitrogen and oxygen atoms in total. The first kappa shape index (κ1) is 8.76. The van der Waals surface area contributed by atoms with Gasteiger partial charge in [0.25, 0.3) is 0 Å². The number of carbonyl (C=O) groups excluding carboxylic acids is 1. The Balaban J connectivity index is 2.81. The molecule has 0 aromatic heterocycles. The highest BCUT2D eigenvalue weighted by molar-refractivity contribution is 5.81. The molecular formula is C10H18O. The zero-order valence-electron chi connectivity index (χ0n) is 8.19. The van der Waals surface area contributed by atoms with Gasteiger partial charge in [0.1, 0.15) is 5.78 Å². The van der Waals surface area contributed by atoms with Crippen LogP contribution in [-0.4, -0.2) is 5.78 Å². The van der Waals surface area contributed by atoms with Crippen molar-refractivity contribution in [3.63, 3.8) is 0 Å². The average molecular weight is 154 g/mol. The maximum absolute atomic E-state index is 11.3. The number of hydrogen-bond donors (Lipinski definition) is 0. The molecule has 1 fully saturated rings. The van der Waals surface area contributed by atoms with Crippen LogP contribution in [0.15, 0.2) is 0 Å². The van der Waals surface area contributed by atoms with E-state index in [1.807, 2.05) is 0 Å². The van der Waals surface area contributed by atoms with Crippen LogP contribution in [0.2, 0.25) is 0 Å². The van der Waals surface area contributed by atoms with Crippen molar-refractivity contribution in [3.05, 3.63) is 0 Å². The fourth-order valence-corrected chi connectivity index (χ4v) is 3.41. The second-order valence-electron chi connectivity index (χ2n) is 5.20. The van der Waals surface area contributed by atoms with Gasteiger partial charge in [0.2, 0.25) is 0 Å². The van der Waals surface area contributed by atoms with Crippen LogP contribution >= 0.6 is 0 Å². The highest BCUT2D eigenvalue weighted by Crippen LogP contribution is 2.58. The first-order valence-electron chi connectivity index (χ1n) is 4.28. The molecule has 1 aliphatic rings. The van der Waals surface area contributed by atoms with Crippen molar-refractivity contribution in [1.29, 1.82) is 0 Å². The molecule has 64 valence electrons. The summed E-state index contributed by atoms with van der Waals surface area (Å²) in [6.45, 7) is 10.5. The summed E-state index contributed by atoms with van der Waals surface area (Å²) in [5.74, 6) is 0.626. The summed E-state index contributed by atoms with van der Waals surface area (Å²) in [7, 11) is 0. The predicted molar refractivity (Wildman–Crippen MR) is 46.4 cm³/mol. The Morgan fingerprint density at radius 2 is 1.55 bits per heavy atom. The summed E-state index contributed by atoms with van der Waals surface area (Å²) < 4.78 is 0. The largest absolute Gasteiger partial charge is 0.300 e. The third kappa shape index (κ3) is 1.21. The second kappa shape index (κ2) is 2.09. The van der Waals surface area contributed by atoms with Crippen LogP contribution in [-0.2, 0) is 4.79 Å². The SMILES string of the molecule is CC(=O)C1C(C)(C)CC1(C)C. The number of ketones is 1. The van der Waals surface area contributed by atoms with E-state index in [9.17, 15) is 4.79 Å². The highest BCUT2D eigenvalue weighted by atomic mass is 16.1. The van der Waals surface area contributed by atoms with Crippen LogP contribution in [0, 0.1) is 16.7 Å². The third-order valence-electron chi connectivity index (χ3n) is 2.88. The maximum atomic E-state index is 11.3. The molecule has 1 heteroatoms. The Hall–Kier alpha value is -0.330. The van der Waals surface area contributed by atoms with E-state index < -0.39 is 0 Å². The van der Waals surface area contributed by atoms with Crippen LogP contribution in [0.3, 0.4) is 0 Å². The molecular weight excluding hydrogens is 136 g/mol. The third-order valence-corrected chi connectivity index (χ3v) is 2.88. The van der Waals surface area contributed by atoms with Gasteiger partial charge >= 0.3 is 0 Å². The minimum Gasteiger partial charge on any atom is -0.300 e. The van der Waals surface area contributed by atoms with Crippen molar-refractivity contribution in [2.45, 2.75) is 41.0 Å². The van der Waals surface area contributed by atoms with Gasteiger partial charge in [-0.05, 0) is 24.2 Å². The predicted octanol–water partition coefficient (Wildman–Crippen LogP) is 2.65. The summed E-state index contributed by atoms with van der Waals surface area (Å²) >= 11 is 0. The maximum Gasteiger partial charge on any atom is 0.133 e. The first-order valence-corrected chi connectivity index (χ1v) is 4.28. The molecule has 0 aliphatic heterocycles. The molecule has 0 amide bonds. The van der Waals surface area contributed by atoms with Crippen LogP contribution < -0.4 is 0 Å². The Labute approximate surface area is 69.2 Å². The molecule has 1 saturated carbocycles. The molecule has 0 atom stereocenters. The molecule has 0 spiro atoms.